The molecule has 1 fully saturated rings. The lowest BCUT2D eigenvalue weighted by atomic mass is 9.99. The molecule has 5 rings (SSSR count). The zero-order valence-electron chi connectivity index (χ0n) is 19.5. The van der Waals surface area contributed by atoms with Gasteiger partial charge in [0.1, 0.15) is 28.8 Å². The van der Waals surface area contributed by atoms with Gasteiger partial charge in [0.2, 0.25) is 0 Å². The summed E-state index contributed by atoms with van der Waals surface area (Å²) in [5.74, 6) is 0.689. The highest BCUT2D eigenvalue weighted by Crippen LogP contribution is 2.37. The Morgan fingerprint density at radius 3 is 2.76 bits per heavy atom. The SMILES string of the molecule is COc1cc2[nH]nc(-c3cnn(C4CCN4C(=O)N(C)C)c3)c2nc1-c1cccc(C)c1C. The molecule has 0 saturated carbocycles. The van der Waals surface area contributed by atoms with Gasteiger partial charge in [-0.05, 0) is 25.0 Å². The first-order valence-electron chi connectivity index (χ1n) is 10.9. The maximum absolute atomic E-state index is 12.4. The van der Waals surface area contributed by atoms with Crippen LogP contribution in [-0.4, -0.2) is 68.5 Å². The highest BCUT2D eigenvalue weighted by molar-refractivity contribution is 5.92. The first-order chi connectivity index (χ1) is 15.9. The Labute approximate surface area is 192 Å². The number of aromatic nitrogens is 5. The number of methoxy groups -OCH3 is 1. The van der Waals surface area contributed by atoms with Crippen LogP contribution in [0.25, 0.3) is 33.5 Å². The summed E-state index contributed by atoms with van der Waals surface area (Å²) in [6.07, 6.45) is 4.49. The number of aryl methyl sites for hydroxylation is 1. The summed E-state index contributed by atoms with van der Waals surface area (Å²) in [4.78, 5) is 20.8. The first-order valence-corrected chi connectivity index (χ1v) is 10.9. The number of nitrogens with zero attached hydrogens (tertiary/aromatic N) is 6. The Kier molecular flexibility index (Phi) is 5.03. The van der Waals surface area contributed by atoms with Gasteiger partial charge in [0.05, 0.1) is 18.8 Å². The van der Waals surface area contributed by atoms with Crippen molar-refractivity contribution in [2.45, 2.75) is 26.4 Å². The second-order valence-corrected chi connectivity index (χ2v) is 8.60. The van der Waals surface area contributed by atoms with Crippen LogP contribution in [0.15, 0.2) is 36.7 Å². The summed E-state index contributed by atoms with van der Waals surface area (Å²) in [6.45, 7) is 4.91. The van der Waals surface area contributed by atoms with Crippen LogP contribution in [-0.2, 0) is 0 Å². The smallest absolute Gasteiger partial charge is 0.321 e. The fraction of sp³-hybridized carbons (Fsp3) is 0.333. The van der Waals surface area contributed by atoms with Crippen LogP contribution in [0.4, 0.5) is 4.79 Å². The van der Waals surface area contributed by atoms with Crippen LogP contribution < -0.4 is 4.74 Å². The summed E-state index contributed by atoms with van der Waals surface area (Å²) in [5, 5.41) is 12.1. The number of hydrogen-bond donors (Lipinski definition) is 1. The monoisotopic (exact) mass is 445 g/mol. The molecule has 1 atom stereocenters. The lowest BCUT2D eigenvalue weighted by Crippen LogP contribution is -2.51. The molecule has 0 radical (unpaired) electrons. The molecular weight excluding hydrogens is 418 g/mol. The van der Waals surface area contributed by atoms with Crippen molar-refractivity contribution < 1.29 is 9.53 Å². The quantitative estimate of drug-likeness (QED) is 0.513. The van der Waals surface area contributed by atoms with E-state index in [1.54, 1.807) is 37.2 Å². The zero-order valence-corrected chi connectivity index (χ0v) is 19.5. The Morgan fingerprint density at radius 1 is 1.24 bits per heavy atom. The Bertz CT molecular complexity index is 1350. The number of H-pyrrole nitrogens is 1. The van der Waals surface area contributed by atoms with Crippen molar-refractivity contribution in [2.75, 3.05) is 27.7 Å². The maximum atomic E-state index is 12.4. The number of hydrogen-bond acceptors (Lipinski definition) is 5. The van der Waals surface area contributed by atoms with Gasteiger partial charge in [-0.15, -0.1) is 0 Å². The average molecular weight is 446 g/mol. The molecular formula is C24H27N7O2. The fourth-order valence-corrected chi connectivity index (χ4v) is 4.24. The molecule has 4 heterocycles. The number of likely N-dealkylation sites (tertiary alicyclic amines) is 1. The van der Waals surface area contributed by atoms with Gasteiger partial charge in [0.25, 0.3) is 0 Å². The van der Waals surface area contributed by atoms with Crippen molar-refractivity contribution in [3.8, 4) is 28.3 Å². The minimum absolute atomic E-state index is 0.0135. The van der Waals surface area contributed by atoms with E-state index < -0.39 is 0 Å². The van der Waals surface area contributed by atoms with Crippen LogP contribution in [0.5, 0.6) is 5.75 Å². The van der Waals surface area contributed by atoms with Crippen molar-refractivity contribution in [1.82, 2.24) is 34.8 Å². The predicted octanol–water partition coefficient (Wildman–Crippen LogP) is 4.00. The van der Waals surface area contributed by atoms with Gasteiger partial charge in [0, 0.05) is 50.5 Å². The molecule has 1 aromatic carbocycles. The molecule has 0 spiro atoms. The molecule has 1 unspecified atom stereocenters. The number of ether oxygens (including phenoxy) is 1. The van der Waals surface area contributed by atoms with Crippen molar-refractivity contribution in [3.05, 3.63) is 47.8 Å². The van der Waals surface area contributed by atoms with E-state index in [4.69, 9.17) is 9.72 Å². The number of pyridine rings is 1. The number of urea groups is 1. The van der Waals surface area contributed by atoms with Crippen LogP contribution in [0.2, 0.25) is 0 Å². The molecule has 33 heavy (non-hydrogen) atoms. The highest BCUT2D eigenvalue weighted by atomic mass is 16.5. The molecule has 0 aliphatic carbocycles. The van der Waals surface area contributed by atoms with Gasteiger partial charge < -0.3 is 14.5 Å². The number of rotatable bonds is 4. The topological polar surface area (TPSA) is 92.2 Å². The van der Waals surface area contributed by atoms with Crippen molar-refractivity contribution in [3.63, 3.8) is 0 Å². The van der Waals surface area contributed by atoms with Crippen molar-refractivity contribution in [1.29, 1.82) is 0 Å². The maximum Gasteiger partial charge on any atom is 0.321 e. The van der Waals surface area contributed by atoms with Gasteiger partial charge in [-0.2, -0.15) is 10.2 Å². The van der Waals surface area contributed by atoms with E-state index in [9.17, 15) is 4.79 Å². The molecule has 2 amide bonds. The summed E-state index contributed by atoms with van der Waals surface area (Å²) in [5.41, 5.74) is 7.27. The molecule has 9 heteroatoms. The highest BCUT2D eigenvalue weighted by Gasteiger charge is 2.35. The van der Waals surface area contributed by atoms with Crippen LogP contribution in [0.3, 0.4) is 0 Å². The van der Waals surface area contributed by atoms with Gasteiger partial charge in [-0.1, -0.05) is 18.2 Å². The van der Waals surface area contributed by atoms with Crippen molar-refractivity contribution in [2.24, 2.45) is 0 Å². The third kappa shape index (κ3) is 3.40. The number of carbonyl (C=O) groups excluding carboxylic acids is 1. The van der Waals surface area contributed by atoms with Crippen LogP contribution >= 0.6 is 0 Å². The lowest BCUT2D eigenvalue weighted by Gasteiger charge is -2.41. The number of nitrogens with one attached hydrogen (secondary N) is 1. The van der Waals surface area contributed by atoms with Crippen LogP contribution in [0.1, 0.15) is 23.7 Å². The zero-order chi connectivity index (χ0) is 23.3. The molecule has 1 N–H and O–H groups in total. The summed E-state index contributed by atoms with van der Waals surface area (Å²) in [6, 6.07) is 8.10. The van der Waals surface area contributed by atoms with E-state index in [0.29, 0.717) is 5.75 Å². The molecule has 170 valence electrons. The summed E-state index contributed by atoms with van der Waals surface area (Å²) < 4.78 is 7.49. The van der Waals surface area contributed by atoms with Gasteiger partial charge in [-0.3, -0.25) is 5.10 Å². The van der Waals surface area contributed by atoms with Gasteiger partial charge in [0.15, 0.2) is 0 Å². The van der Waals surface area contributed by atoms with Crippen molar-refractivity contribution >= 4 is 17.1 Å². The van der Waals surface area contributed by atoms with Gasteiger partial charge >= 0.3 is 6.03 Å². The lowest BCUT2D eigenvalue weighted by molar-refractivity contribution is 0.0478. The largest absolute Gasteiger partial charge is 0.494 e. The number of benzene rings is 1. The minimum Gasteiger partial charge on any atom is -0.494 e. The molecule has 9 nitrogen and oxygen atoms in total. The number of carbonyl (C=O) groups is 1. The molecule has 1 aliphatic heterocycles. The Hall–Kier alpha value is -3.88. The van der Waals surface area contributed by atoms with E-state index in [1.165, 1.54) is 5.56 Å². The predicted molar refractivity (Wildman–Crippen MR) is 126 cm³/mol. The number of amides is 2. The van der Waals surface area contributed by atoms with E-state index in [-0.39, 0.29) is 12.2 Å². The first kappa shape index (κ1) is 21.0. The Balaban J connectivity index is 1.55. The molecule has 4 aromatic rings. The number of aromatic amines is 1. The minimum atomic E-state index is -0.0857. The van der Waals surface area contributed by atoms with E-state index in [1.807, 2.05) is 23.0 Å². The average Bonchev–Trinajstić information content (AvgIpc) is 3.40. The van der Waals surface area contributed by atoms with E-state index >= 15 is 0 Å². The molecule has 1 aliphatic rings. The molecule has 3 aromatic heterocycles. The summed E-state index contributed by atoms with van der Waals surface area (Å²) in [7, 11) is 5.17. The van der Waals surface area contributed by atoms with Gasteiger partial charge in [-0.25, -0.2) is 14.5 Å². The second kappa shape index (κ2) is 7.91. The van der Waals surface area contributed by atoms with Crippen LogP contribution in [0, 0.1) is 13.8 Å². The molecule has 1 saturated heterocycles. The third-order valence-corrected chi connectivity index (χ3v) is 6.38. The standard InChI is InChI=1S/C24H27N7O2/c1-14-7-6-8-17(15(14)2)22-19(33-5)11-18-23(26-22)21(28-27-18)16-12-25-31(13-16)20-9-10-30(20)24(32)29(3)4/h6-8,11-13,20H,9-10H2,1-5H3,(H,27,28). The fourth-order valence-electron chi connectivity index (χ4n) is 4.24. The second-order valence-electron chi connectivity index (χ2n) is 8.60. The summed E-state index contributed by atoms with van der Waals surface area (Å²) >= 11 is 0. The Morgan fingerprint density at radius 2 is 2.06 bits per heavy atom. The third-order valence-electron chi connectivity index (χ3n) is 6.38. The van der Waals surface area contributed by atoms with E-state index in [0.717, 1.165) is 52.1 Å². The number of fused-ring (bicyclic) bond motifs is 1. The normalized spacial score (nSPS) is 15.5. The molecule has 0 bridgehead atoms. The van der Waals surface area contributed by atoms with E-state index in [2.05, 4.69) is 41.3 Å².